The second kappa shape index (κ2) is 25.0. The molecule has 326 valence electrons. The Kier molecular flexibility index (Phi) is 20.2. The van der Waals surface area contributed by atoms with E-state index in [-0.39, 0.29) is 5.78 Å². The Hall–Kier alpha value is -4.69. The van der Waals surface area contributed by atoms with Gasteiger partial charge in [0.15, 0.2) is 5.78 Å². The van der Waals surface area contributed by atoms with E-state index in [1.807, 2.05) is 99.2 Å². The van der Waals surface area contributed by atoms with Crippen LogP contribution in [0.5, 0.6) is 0 Å². The first-order valence-corrected chi connectivity index (χ1v) is 23.6. The van der Waals surface area contributed by atoms with E-state index in [1.54, 1.807) is 12.1 Å². The Bertz CT molecular complexity index is 2640. The predicted octanol–water partition coefficient (Wildman–Crippen LogP) is 15.0. The van der Waals surface area contributed by atoms with Crippen LogP contribution in [-0.4, -0.2) is 20.2 Å². The van der Waals surface area contributed by atoms with Crippen LogP contribution in [0.2, 0.25) is 0 Å². The first kappa shape index (κ1) is 50.9. The van der Waals surface area contributed by atoms with Crippen LogP contribution in [0.4, 0.5) is 11.4 Å². The molecule has 0 radical (unpaired) electrons. The number of anilines is 2. The van der Waals surface area contributed by atoms with Gasteiger partial charge in [0, 0.05) is 76.7 Å². The fraction of sp³-hybridized carbons (Fsp3) is 0.170. The van der Waals surface area contributed by atoms with E-state index >= 15 is 0 Å². The van der Waals surface area contributed by atoms with Gasteiger partial charge >= 0.3 is 0 Å². The van der Waals surface area contributed by atoms with Gasteiger partial charge in [-0.3, -0.25) is 9.59 Å². The van der Waals surface area contributed by atoms with Gasteiger partial charge in [-0.25, -0.2) is 0 Å². The van der Waals surface area contributed by atoms with Crippen LogP contribution < -0.4 is 11.5 Å². The standard InChI is InChI=1S/C20H18INO.C12H14N2.C8H6ClIO.C7H8BrN.C6H8/c1-14-9-16(11-18(10-14)22-7-3-4-8-22)12-20(23)17-6-5-15(2)19(21)13-17;1-9-3-4-14(8-9)12-6-10(2)5-11(13)7-12;1-5-2-3-6(8(9)11)4-7(5)10;1-5-2-6(8)4-7(9)3-5;1-6-4-2-3-5-6/h3-11,13H,12H2,1-2H3;3-8H,13H2,1-2H3;2-4H,1H3;2-4H,9H2,1H3;2,4-5H,3H2,1H3. The quantitative estimate of drug-likeness (QED) is 0.0750. The first-order chi connectivity index (χ1) is 29.9. The van der Waals surface area contributed by atoms with Gasteiger partial charge in [0.25, 0.3) is 5.24 Å². The van der Waals surface area contributed by atoms with Gasteiger partial charge < -0.3 is 20.6 Å². The van der Waals surface area contributed by atoms with Crippen molar-refractivity contribution in [1.29, 1.82) is 0 Å². The Labute approximate surface area is 413 Å². The highest BCUT2D eigenvalue weighted by Gasteiger charge is 2.10. The molecule has 10 heteroatoms. The largest absolute Gasteiger partial charge is 0.399 e. The lowest BCUT2D eigenvalue weighted by atomic mass is 10.00. The second-order valence-corrected chi connectivity index (χ2v) is 19.0. The molecule has 1 aliphatic rings. The lowest BCUT2D eigenvalue weighted by molar-refractivity contribution is 0.0992. The SMILES string of the molecule is CC1=CCC=C1.Cc1cc(CC(=O)c2ccc(C)c(I)c2)cc(-n2cccc2)c1.Cc1cc(N)cc(-n2ccc(C)c2)c1.Cc1cc(N)cc(Br)c1.Cc1ccc(C(=O)Cl)cc1I. The number of nitrogen functional groups attached to an aromatic ring is 2. The molecule has 0 saturated carbocycles. The van der Waals surface area contributed by atoms with E-state index in [2.05, 4.69) is 160 Å². The summed E-state index contributed by atoms with van der Waals surface area (Å²) in [5.41, 5.74) is 26.1. The van der Waals surface area contributed by atoms with Gasteiger partial charge in [0.2, 0.25) is 0 Å². The summed E-state index contributed by atoms with van der Waals surface area (Å²) in [4.78, 5) is 23.2. The van der Waals surface area contributed by atoms with E-state index in [1.165, 1.54) is 27.8 Å². The number of aromatic nitrogens is 2. The summed E-state index contributed by atoms with van der Waals surface area (Å²) in [6.07, 6.45) is 16.2. The number of ketones is 1. The van der Waals surface area contributed by atoms with E-state index in [9.17, 15) is 9.59 Å². The highest BCUT2D eigenvalue weighted by molar-refractivity contribution is 14.1. The maximum absolute atomic E-state index is 12.6. The third kappa shape index (κ3) is 17.4. The molecule has 0 unspecified atom stereocenters. The molecule has 0 bridgehead atoms. The highest BCUT2D eigenvalue weighted by Crippen LogP contribution is 2.20. The number of rotatable bonds is 6. The van der Waals surface area contributed by atoms with E-state index in [4.69, 9.17) is 23.1 Å². The Balaban J connectivity index is 0.000000187. The number of hydrogen-bond acceptors (Lipinski definition) is 4. The van der Waals surface area contributed by atoms with Gasteiger partial charge in [0.1, 0.15) is 0 Å². The third-order valence-electron chi connectivity index (χ3n) is 9.53. The molecule has 8 rings (SSSR count). The molecule has 0 fully saturated rings. The van der Waals surface area contributed by atoms with Crippen molar-refractivity contribution < 1.29 is 9.59 Å². The number of nitrogens with zero attached hydrogens (tertiary/aromatic N) is 2. The molecule has 63 heavy (non-hydrogen) atoms. The number of nitrogens with two attached hydrogens (primary N) is 2. The Morgan fingerprint density at radius 2 is 1.19 bits per heavy atom. The summed E-state index contributed by atoms with van der Waals surface area (Å²) in [6, 6.07) is 35.6. The zero-order valence-corrected chi connectivity index (χ0v) is 43.4. The molecular weight excluding hydrogens is 1090 g/mol. The summed E-state index contributed by atoms with van der Waals surface area (Å²) >= 11 is 13.1. The fourth-order valence-corrected chi connectivity index (χ4v) is 8.09. The van der Waals surface area contributed by atoms with Gasteiger partial charge in [-0.15, -0.1) is 0 Å². The number of Topliss-reactive ketones (excluding diaryl/α,β-unsaturated/α-hetero) is 1. The van der Waals surface area contributed by atoms with Crippen molar-refractivity contribution in [3.05, 3.63) is 219 Å². The zero-order valence-electron chi connectivity index (χ0n) is 36.7. The van der Waals surface area contributed by atoms with Crippen LogP contribution in [0.3, 0.4) is 0 Å². The minimum Gasteiger partial charge on any atom is -0.399 e. The van der Waals surface area contributed by atoms with Crippen molar-refractivity contribution in [2.75, 3.05) is 11.5 Å². The Morgan fingerprint density at radius 3 is 1.67 bits per heavy atom. The maximum Gasteiger partial charge on any atom is 0.252 e. The molecule has 0 spiro atoms. The molecule has 2 aromatic heterocycles. The molecule has 0 amide bonds. The van der Waals surface area contributed by atoms with Gasteiger partial charge in [0.05, 0.1) is 0 Å². The molecule has 0 atom stereocenters. The zero-order chi connectivity index (χ0) is 46.2. The number of halogens is 4. The van der Waals surface area contributed by atoms with Crippen molar-refractivity contribution in [2.24, 2.45) is 0 Å². The molecule has 0 saturated heterocycles. The number of carbonyl (C=O) groups excluding carboxylic acids is 2. The second-order valence-electron chi connectivity index (χ2n) is 15.4. The van der Waals surface area contributed by atoms with E-state index in [0.717, 1.165) is 63.0 Å². The molecule has 4 N–H and O–H groups in total. The van der Waals surface area contributed by atoms with Crippen molar-refractivity contribution in [3.8, 4) is 11.4 Å². The lowest BCUT2D eigenvalue weighted by Crippen LogP contribution is -2.05. The smallest absolute Gasteiger partial charge is 0.252 e. The topological polar surface area (TPSA) is 96.0 Å². The number of allylic oxidation sites excluding steroid dienone is 4. The first-order valence-electron chi connectivity index (χ1n) is 20.2. The van der Waals surface area contributed by atoms with Crippen LogP contribution in [0, 0.1) is 48.7 Å². The monoisotopic (exact) mass is 1150 g/mol. The summed E-state index contributed by atoms with van der Waals surface area (Å²) in [6.45, 7) is 14.4. The number of hydrogen-bond donors (Lipinski definition) is 2. The summed E-state index contributed by atoms with van der Waals surface area (Å²) in [7, 11) is 0. The average molecular weight is 1150 g/mol. The van der Waals surface area contributed by atoms with Crippen molar-refractivity contribution in [2.45, 2.75) is 61.3 Å². The molecule has 5 aromatic carbocycles. The number of benzene rings is 5. The minimum atomic E-state index is -0.400. The predicted molar refractivity (Wildman–Crippen MR) is 287 cm³/mol. The van der Waals surface area contributed by atoms with Crippen LogP contribution in [0.15, 0.2) is 162 Å². The molecule has 7 aromatic rings. The summed E-state index contributed by atoms with van der Waals surface area (Å²) in [5, 5.41) is -0.400. The Morgan fingerprint density at radius 1 is 0.635 bits per heavy atom. The molecular formula is C53H54BrClI2N4O2. The molecule has 2 heterocycles. The molecule has 6 nitrogen and oxygen atoms in total. The lowest BCUT2D eigenvalue weighted by Gasteiger charge is -2.09. The summed E-state index contributed by atoms with van der Waals surface area (Å²) in [5.74, 6) is 0.159. The normalized spacial score (nSPS) is 11.1. The maximum atomic E-state index is 12.6. The van der Waals surface area contributed by atoms with Crippen LogP contribution in [-0.2, 0) is 6.42 Å². The van der Waals surface area contributed by atoms with Crippen LogP contribution in [0.25, 0.3) is 11.4 Å². The molecule has 0 aliphatic heterocycles. The van der Waals surface area contributed by atoms with Crippen molar-refractivity contribution in [1.82, 2.24) is 9.13 Å². The van der Waals surface area contributed by atoms with Crippen molar-refractivity contribution >= 4 is 95.1 Å². The van der Waals surface area contributed by atoms with Gasteiger partial charge in [-0.05, 0) is 236 Å². The van der Waals surface area contributed by atoms with E-state index in [0.29, 0.717) is 12.0 Å². The minimum absolute atomic E-state index is 0.159. The number of aryl methyl sites for hydroxylation is 6. The van der Waals surface area contributed by atoms with Crippen molar-refractivity contribution in [3.63, 3.8) is 0 Å². The van der Waals surface area contributed by atoms with Crippen LogP contribution in [0.1, 0.15) is 73.0 Å². The van der Waals surface area contributed by atoms with E-state index < -0.39 is 5.24 Å². The van der Waals surface area contributed by atoms with Crippen LogP contribution >= 0.6 is 72.7 Å². The van der Waals surface area contributed by atoms with Gasteiger partial charge in [-0.2, -0.15) is 0 Å². The van der Waals surface area contributed by atoms with Gasteiger partial charge in [-0.1, -0.05) is 64.0 Å². The average Bonchev–Trinajstić information content (AvgIpc) is 4.02. The fourth-order valence-electron chi connectivity index (χ4n) is 6.31. The molecule has 1 aliphatic carbocycles. The number of carbonyl (C=O) groups is 2. The summed E-state index contributed by atoms with van der Waals surface area (Å²) < 4.78 is 7.38. The highest BCUT2D eigenvalue weighted by atomic mass is 127. The third-order valence-corrected chi connectivity index (χ3v) is 12.5.